The maximum atomic E-state index is 6.25. The summed E-state index contributed by atoms with van der Waals surface area (Å²) >= 11 is 17.7. The average molecular weight is 379 g/mol. The molecule has 2 aromatic rings. The minimum Gasteiger partial charge on any atom is -0.310 e. The van der Waals surface area contributed by atoms with E-state index in [1.807, 2.05) is 18.2 Å². The van der Waals surface area contributed by atoms with Crippen LogP contribution in [-0.4, -0.2) is 6.54 Å². The predicted octanol–water partition coefficient (Wildman–Crippen LogP) is 5.71. The molecular weight excluding hydrogens is 365 g/mol. The Morgan fingerprint density at radius 2 is 2.00 bits per heavy atom. The number of nitrogens with one attached hydrogen (secondary N) is 1. The number of benzene rings is 1. The van der Waals surface area contributed by atoms with Gasteiger partial charge in [0.2, 0.25) is 0 Å². The molecule has 1 N–H and O–H groups in total. The second kappa shape index (κ2) is 7.09. The minimum atomic E-state index is 0.227. The number of hydrogen-bond donors (Lipinski definition) is 1. The molecule has 0 saturated carbocycles. The molecule has 2 rings (SSSR count). The topological polar surface area (TPSA) is 12.0 Å². The van der Waals surface area contributed by atoms with Crippen molar-refractivity contribution in [3.05, 3.63) is 54.6 Å². The van der Waals surface area contributed by atoms with E-state index < -0.39 is 0 Å². The molecule has 1 unspecified atom stereocenters. The largest absolute Gasteiger partial charge is 0.310 e. The molecule has 0 bridgehead atoms. The molecule has 5 heteroatoms. The first-order valence-electron chi connectivity index (χ1n) is 6.02. The first kappa shape index (κ1) is 15.3. The van der Waals surface area contributed by atoms with Gasteiger partial charge in [-0.2, -0.15) is 0 Å². The molecule has 1 heterocycles. The van der Waals surface area contributed by atoms with Crippen LogP contribution >= 0.6 is 50.5 Å². The third kappa shape index (κ3) is 3.96. The van der Waals surface area contributed by atoms with Gasteiger partial charge in [-0.25, -0.2) is 0 Å². The molecule has 0 spiro atoms. The molecule has 102 valence electrons. The van der Waals surface area contributed by atoms with Gasteiger partial charge in [-0.1, -0.05) is 36.2 Å². The lowest BCUT2D eigenvalue weighted by Gasteiger charge is -2.18. The average Bonchev–Trinajstić information content (AvgIpc) is 2.79. The molecule has 0 amide bonds. The van der Waals surface area contributed by atoms with Gasteiger partial charge in [0.25, 0.3) is 0 Å². The molecule has 0 aliphatic rings. The molecule has 1 aromatic heterocycles. The van der Waals surface area contributed by atoms with Gasteiger partial charge in [0.15, 0.2) is 0 Å². The van der Waals surface area contributed by atoms with E-state index in [2.05, 4.69) is 39.6 Å². The Balaban J connectivity index is 2.26. The van der Waals surface area contributed by atoms with Gasteiger partial charge < -0.3 is 5.32 Å². The van der Waals surface area contributed by atoms with Crippen molar-refractivity contribution in [3.8, 4) is 0 Å². The van der Waals surface area contributed by atoms with Crippen LogP contribution in [0, 0.1) is 0 Å². The van der Waals surface area contributed by atoms with Crippen molar-refractivity contribution in [2.45, 2.75) is 19.4 Å². The molecule has 0 fully saturated rings. The van der Waals surface area contributed by atoms with Crippen molar-refractivity contribution in [2.75, 3.05) is 6.54 Å². The third-order valence-electron chi connectivity index (χ3n) is 2.91. The number of thiophene rings is 1. The zero-order valence-electron chi connectivity index (χ0n) is 10.4. The summed E-state index contributed by atoms with van der Waals surface area (Å²) in [6.07, 6.45) is 0.787. The standard InChI is InChI=1S/C14H14BrCl2NS/c1-2-18-13(9-6-14(15)19-8-9)7-10-11(16)4-3-5-12(10)17/h3-6,8,13,18H,2,7H2,1H3. The zero-order valence-corrected chi connectivity index (χ0v) is 14.3. The maximum absolute atomic E-state index is 6.25. The molecular formula is C14H14BrCl2NS. The molecule has 19 heavy (non-hydrogen) atoms. The predicted molar refractivity (Wildman–Crippen MR) is 88.6 cm³/mol. The molecule has 0 saturated heterocycles. The van der Waals surface area contributed by atoms with Crippen LogP contribution in [0.25, 0.3) is 0 Å². The Morgan fingerprint density at radius 1 is 1.32 bits per heavy atom. The fraction of sp³-hybridized carbons (Fsp3) is 0.286. The lowest BCUT2D eigenvalue weighted by molar-refractivity contribution is 0.551. The summed E-state index contributed by atoms with van der Waals surface area (Å²) in [5.74, 6) is 0. The van der Waals surface area contributed by atoms with Crippen molar-refractivity contribution in [2.24, 2.45) is 0 Å². The monoisotopic (exact) mass is 377 g/mol. The first-order valence-corrected chi connectivity index (χ1v) is 8.45. The van der Waals surface area contributed by atoms with Crippen LogP contribution in [0.15, 0.2) is 33.4 Å². The van der Waals surface area contributed by atoms with Gasteiger partial charge in [0, 0.05) is 16.1 Å². The lowest BCUT2D eigenvalue weighted by atomic mass is 10.0. The van der Waals surface area contributed by atoms with E-state index in [4.69, 9.17) is 23.2 Å². The number of likely N-dealkylation sites (N-methyl/N-ethyl adjacent to an activating group) is 1. The second-order valence-electron chi connectivity index (χ2n) is 4.20. The summed E-state index contributed by atoms with van der Waals surface area (Å²) in [6.45, 7) is 3.00. The van der Waals surface area contributed by atoms with E-state index in [1.165, 1.54) is 5.56 Å². The summed E-state index contributed by atoms with van der Waals surface area (Å²) in [7, 11) is 0. The van der Waals surface area contributed by atoms with E-state index in [0.29, 0.717) is 0 Å². The molecule has 1 aromatic carbocycles. The Morgan fingerprint density at radius 3 is 2.53 bits per heavy atom. The highest BCUT2D eigenvalue weighted by Gasteiger charge is 2.16. The van der Waals surface area contributed by atoms with Crippen molar-refractivity contribution in [3.63, 3.8) is 0 Å². The van der Waals surface area contributed by atoms with Crippen LogP contribution in [0.3, 0.4) is 0 Å². The van der Waals surface area contributed by atoms with E-state index in [0.717, 1.165) is 32.4 Å². The van der Waals surface area contributed by atoms with E-state index in [-0.39, 0.29) is 6.04 Å². The van der Waals surface area contributed by atoms with Gasteiger partial charge in [-0.15, -0.1) is 11.3 Å². The fourth-order valence-corrected chi connectivity index (χ4v) is 3.77. The van der Waals surface area contributed by atoms with Crippen molar-refractivity contribution in [1.29, 1.82) is 0 Å². The van der Waals surface area contributed by atoms with Gasteiger partial charge >= 0.3 is 0 Å². The Hall–Kier alpha value is -0.0600. The minimum absolute atomic E-state index is 0.227. The summed E-state index contributed by atoms with van der Waals surface area (Å²) in [5.41, 5.74) is 2.26. The van der Waals surface area contributed by atoms with E-state index >= 15 is 0 Å². The Kier molecular flexibility index (Phi) is 5.72. The quantitative estimate of drug-likeness (QED) is 0.702. The van der Waals surface area contributed by atoms with Crippen LogP contribution in [0.1, 0.15) is 24.1 Å². The highest BCUT2D eigenvalue weighted by Crippen LogP contribution is 2.32. The molecule has 0 aliphatic heterocycles. The summed E-state index contributed by atoms with van der Waals surface area (Å²) in [4.78, 5) is 0. The highest BCUT2D eigenvalue weighted by atomic mass is 79.9. The third-order valence-corrected chi connectivity index (χ3v) is 5.14. The Bertz CT molecular complexity index is 536. The highest BCUT2D eigenvalue weighted by molar-refractivity contribution is 9.11. The fourth-order valence-electron chi connectivity index (χ4n) is 1.99. The van der Waals surface area contributed by atoms with Crippen molar-refractivity contribution < 1.29 is 0 Å². The molecule has 1 nitrogen and oxygen atoms in total. The van der Waals surface area contributed by atoms with E-state index in [1.54, 1.807) is 11.3 Å². The van der Waals surface area contributed by atoms with Gasteiger partial charge in [0.05, 0.1) is 3.79 Å². The smallest absolute Gasteiger partial charge is 0.0701 e. The van der Waals surface area contributed by atoms with Crippen molar-refractivity contribution >= 4 is 50.5 Å². The van der Waals surface area contributed by atoms with E-state index in [9.17, 15) is 0 Å². The molecule has 0 aliphatic carbocycles. The van der Waals surface area contributed by atoms with Crippen LogP contribution in [-0.2, 0) is 6.42 Å². The Labute approximate surface area is 136 Å². The normalized spacial score (nSPS) is 12.6. The van der Waals surface area contributed by atoms with Gasteiger partial charge in [0.1, 0.15) is 0 Å². The lowest BCUT2D eigenvalue weighted by Crippen LogP contribution is -2.22. The summed E-state index contributed by atoms with van der Waals surface area (Å²) < 4.78 is 1.13. The maximum Gasteiger partial charge on any atom is 0.0701 e. The number of rotatable bonds is 5. The molecule has 1 atom stereocenters. The summed E-state index contributed by atoms with van der Waals surface area (Å²) in [6, 6.07) is 8.01. The number of halogens is 3. The van der Waals surface area contributed by atoms with Crippen LogP contribution in [0.4, 0.5) is 0 Å². The van der Waals surface area contributed by atoms with Crippen LogP contribution in [0.2, 0.25) is 10.0 Å². The first-order chi connectivity index (χ1) is 9.11. The SMILES string of the molecule is CCNC(Cc1c(Cl)cccc1Cl)c1csc(Br)c1. The molecule has 0 radical (unpaired) electrons. The van der Waals surface area contributed by atoms with Crippen molar-refractivity contribution in [1.82, 2.24) is 5.32 Å². The van der Waals surface area contributed by atoms with Crippen LogP contribution < -0.4 is 5.32 Å². The van der Waals surface area contributed by atoms with Gasteiger partial charge in [-0.05, 0) is 63.6 Å². The zero-order chi connectivity index (χ0) is 13.8. The van der Waals surface area contributed by atoms with Crippen LogP contribution in [0.5, 0.6) is 0 Å². The summed E-state index contributed by atoms with van der Waals surface area (Å²) in [5, 5.41) is 7.09. The second-order valence-corrected chi connectivity index (χ2v) is 7.30. The number of hydrogen-bond acceptors (Lipinski definition) is 2. The van der Waals surface area contributed by atoms with Gasteiger partial charge in [-0.3, -0.25) is 0 Å².